The first kappa shape index (κ1) is 24.4. The molecule has 0 spiro atoms. The van der Waals surface area contributed by atoms with Crippen LogP contribution in [0.2, 0.25) is 0 Å². The highest BCUT2D eigenvalue weighted by atomic mass is 16.5. The quantitative estimate of drug-likeness (QED) is 0.340. The van der Waals surface area contributed by atoms with Crippen molar-refractivity contribution in [2.75, 3.05) is 13.2 Å². The van der Waals surface area contributed by atoms with Gasteiger partial charge in [0, 0.05) is 30.1 Å². The van der Waals surface area contributed by atoms with Crippen LogP contribution in [0, 0.1) is 13.8 Å². The maximum absolute atomic E-state index is 13.7. The summed E-state index contributed by atoms with van der Waals surface area (Å²) < 4.78 is 11.7. The van der Waals surface area contributed by atoms with Gasteiger partial charge in [0.25, 0.3) is 5.91 Å². The lowest BCUT2D eigenvalue weighted by Gasteiger charge is -2.27. The number of rotatable bonds is 8. The second-order valence-corrected chi connectivity index (χ2v) is 9.11. The number of aromatic nitrogens is 3. The van der Waals surface area contributed by atoms with E-state index < -0.39 is 6.04 Å². The number of H-pyrrole nitrogens is 1. The van der Waals surface area contributed by atoms with Crippen LogP contribution in [0.15, 0.2) is 54.9 Å². The van der Waals surface area contributed by atoms with Crippen molar-refractivity contribution in [2.24, 2.45) is 0 Å². The Labute approximate surface area is 215 Å². The van der Waals surface area contributed by atoms with Crippen LogP contribution < -0.4 is 9.47 Å². The molecule has 1 amide bonds. The minimum atomic E-state index is -0.466. The van der Waals surface area contributed by atoms with Crippen LogP contribution in [0.4, 0.5) is 0 Å². The van der Waals surface area contributed by atoms with Crippen molar-refractivity contribution in [3.05, 3.63) is 88.4 Å². The van der Waals surface area contributed by atoms with Gasteiger partial charge in [-0.2, -0.15) is 5.10 Å². The largest absolute Gasteiger partial charge is 0.507 e. The first-order valence-electron chi connectivity index (χ1n) is 12.4. The molecule has 5 rings (SSSR count). The van der Waals surface area contributed by atoms with Crippen molar-refractivity contribution < 1.29 is 19.4 Å². The second kappa shape index (κ2) is 9.97. The molecule has 1 aliphatic heterocycles. The molecule has 3 heterocycles. The highest BCUT2D eigenvalue weighted by Crippen LogP contribution is 2.47. The number of nitrogens with zero attached hydrogens (tertiary/aromatic N) is 3. The summed E-state index contributed by atoms with van der Waals surface area (Å²) in [4.78, 5) is 19.8. The van der Waals surface area contributed by atoms with Crippen LogP contribution in [0.3, 0.4) is 0 Å². The van der Waals surface area contributed by atoms with E-state index in [-0.39, 0.29) is 11.7 Å². The molecule has 0 radical (unpaired) electrons. The molecule has 1 unspecified atom stereocenters. The molecule has 0 aliphatic carbocycles. The number of pyridine rings is 1. The predicted octanol–water partition coefficient (Wildman–Crippen LogP) is 5.34. The van der Waals surface area contributed by atoms with Crippen molar-refractivity contribution in [2.45, 2.75) is 40.3 Å². The monoisotopic (exact) mass is 498 g/mol. The average molecular weight is 499 g/mol. The molecule has 8 heteroatoms. The van der Waals surface area contributed by atoms with Gasteiger partial charge in [-0.15, -0.1) is 0 Å². The molecule has 2 N–H and O–H groups in total. The predicted molar refractivity (Wildman–Crippen MR) is 140 cm³/mol. The molecule has 190 valence electrons. The standard InChI is InChI=1S/C29H30N4O4/c1-5-36-22-10-9-20(14-23(22)37-6-2)28-25-26(24-18(4)12-17(3)13-21(24)34)31-32-27(25)29(35)33(28)16-19-8-7-11-30-15-19/h7-15,28,34H,5-6,16H2,1-4H3,(H,31,32). The number of phenolic OH excluding ortho intramolecular Hbond substituents is 1. The number of fused-ring (bicyclic) bond motifs is 1. The smallest absolute Gasteiger partial charge is 0.273 e. The summed E-state index contributed by atoms with van der Waals surface area (Å²) in [5, 5.41) is 18.4. The number of ether oxygens (including phenoxy) is 2. The zero-order chi connectivity index (χ0) is 26.1. The average Bonchev–Trinajstić information content (AvgIpc) is 3.40. The highest BCUT2D eigenvalue weighted by Gasteiger charge is 2.43. The topological polar surface area (TPSA) is 101 Å². The maximum atomic E-state index is 13.7. The van der Waals surface area contributed by atoms with Gasteiger partial charge in [0.05, 0.1) is 19.3 Å². The number of hydrogen-bond acceptors (Lipinski definition) is 6. The Bertz CT molecular complexity index is 1420. The molecular weight excluding hydrogens is 468 g/mol. The van der Waals surface area contributed by atoms with E-state index in [0.717, 1.165) is 27.8 Å². The molecule has 4 aromatic rings. The summed E-state index contributed by atoms with van der Waals surface area (Å²) in [6, 6.07) is 12.8. The van der Waals surface area contributed by atoms with Gasteiger partial charge in [-0.3, -0.25) is 14.9 Å². The zero-order valence-corrected chi connectivity index (χ0v) is 21.4. The summed E-state index contributed by atoms with van der Waals surface area (Å²) in [7, 11) is 0. The van der Waals surface area contributed by atoms with Crippen LogP contribution in [0.1, 0.15) is 58.2 Å². The van der Waals surface area contributed by atoms with Crippen molar-refractivity contribution in [3.63, 3.8) is 0 Å². The lowest BCUT2D eigenvalue weighted by Crippen LogP contribution is -2.29. The van der Waals surface area contributed by atoms with Crippen LogP contribution >= 0.6 is 0 Å². The molecule has 8 nitrogen and oxygen atoms in total. The van der Waals surface area contributed by atoms with Gasteiger partial charge >= 0.3 is 0 Å². The van der Waals surface area contributed by atoms with Gasteiger partial charge < -0.3 is 19.5 Å². The Hall–Kier alpha value is -4.33. The molecule has 37 heavy (non-hydrogen) atoms. The van der Waals surface area contributed by atoms with E-state index in [2.05, 4.69) is 15.2 Å². The van der Waals surface area contributed by atoms with E-state index in [1.54, 1.807) is 23.4 Å². The Kier molecular flexibility index (Phi) is 6.56. The fourth-order valence-corrected chi connectivity index (χ4v) is 5.08. The molecule has 0 fully saturated rings. The summed E-state index contributed by atoms with van der Waals surface area (Å²) in [6.07, 6.45) is 3.47. The SMILES string of the molecule is CCOc1ccc(C2c3c(-c4c(C)cc(C)cc4O)n[nH]c3C(=O)N2Cc2cccnc2)cc1OCC. The van der Waals surface area contributed by atoms with E-state index in [9.17, 15) is 9.90 Å². The van der Waals surface area contributed by atoms with Gasteiger partial charge in [-0.25, -0.2) is 0 Å². The first-order chi connectivity index (χ1) is 17.9. The molecule has 2 aromatic carbocycles. The van der Waals surface area contributed by atoms with Crippen molar-refractivity contribution in [1.82, 2.24) is 20.1 Å². The molecule has 1 aliphatic rings. The fraction of sp³-hybridized carbons (Fsp3) is 0.276. The van der Waals surface area contributed by atoms with E-state index in [1.807, 2.05) is 64.1 Å². The third-order valence-corrected chi connectivity index (χ3v) is 6.52. The summed E-state index contributed by atoms with van der Waals surface area (Å²) >= 11 is 0. The Morgan fingerprint density at radius 1 is 1.05 bits per heavy atom. The minimum Gasteiger partial charge on any atom is -0.507 e. The first-order valence-corrected chi connectivity index (χ1v) is 12.4. The van der Waals surface area contributed by atoms with Crippen LogP contribution in [0.25, 0.3) is 11.3 Å². The van der Waals surface area contributed by atoms with Crippen molar-refractivity contribution in [1.29, 1.82) is 0 Å². The molecule has 0 bridgehead atoms. The number of aromatic amines is 1. The summed E-state index contributed by atoms with van der Waals surface area (Å²) in [6.45, 7) is 9.06. The van der Waals surface area contributed by atoms with Crippen LogP contribution in [-0.4, -0.2) is 44.3 Å². The van der Waals surface area contributed by atoms with Crippen LogP contribution in [-0.2, 0) is 6.54 Å². The third-order valence-electron chi connectivity index (χ3n) is 6.52. The normalized spacial score (nSPS) is 14.6. The number of hydrogen-bond donors (Lipinski definition) is 2. The number of phenols is 1. The van der Waals surface area contributed by atoms with Gasteiger partial charge in [0.15, 0.2) is 11.5 Å². The van der Waals surface area contributed by atoms with E-state index in [0.29, 0.717) is 48.2 Å². The van der Waals surface area contributed by atoms with Crippen molar-refractivity contribution in [3.8, 4) is 28.5 Å². The lowest BCUT2D eigenvalue weighted by atomic mass is 9.93. The number of carbonyl (C=O) groups excluding carboxylic acids is 1. The van der Waals surface area contributed by atoms with E-state index in [4.69, 9.17) is 9.47 Å². The molecule has 0 saturated carbocycles. The number of carbonyl (C=O) groups is 1. The third kappa shape index (κ3) is 4.39. The summed E-state index contributed by atoms with van der Waals surface area (Å²) in [5.74, 6) is 1.23. The fourth-order valence-electron chi connectivity index (χ4n) is 5.08. The lowest BCUT2D eigenvalue weighted by molar-refractivity contribution is 0.0729. The van der Waals surface area contributed by atoms with Gasteiger partial charge in [-0.05, 0) is 74.2 Å². The molecular formula is C29H30N4O4. The number of amides is 1. The summed E-state index contributed by atoms with van der Waals surface area (Å²) in [5.41, 5.74) is 5.90. The van der Waals surface area contributed by atoms with E-state index in [1.165, 1.54) is 0 Å². The molecule has 1 atom stereocenters. The Morgan fingerprint density at radius 2 is 1.84 bits per heavy atom. The van der Waals surface area contributed by atoms with Gasteiger partial charge in [-0.1, -0.05) is 18.2 Å². The number of benzene rings is 2. The van der Waals surface area contributed by atoms with E-state index >= 15 is 0 Å². The zero-order valence-electron chi connectivity index (χ0n) is 21.4. The van der Waals surface area contributed by atoms with Crippen LogP contribution in [0.5, 0.6) is 17.2 Å². The maximum Gasteiger partial charge on any atom is 0.273 e. The Morgan fingerprint density at radius 3 is 2.54 bits per heavy atom. The Balaban J connectivity index is 1.69. The minimum absolute atomic E-state index is 0.130. The van der Waals surface area contributed by atoms with Gasteiger partial charge in [0.1, 0.15) is 17.1 Å². The number of aromatic hydroxyl groups is 1. The second-order valence-electron chi connectivity index (χ2n) is 9.11. The number of aryl methyl sites for hydroxylation is 2. The highest BCUT2D eigenvalue weighted by molar-refractivity contribution is 6.00. The van der Waals surface area contributed by atoms with Crippen molar-refractivity contribution >= 4 is 5.91 Å². The molecule has 0 saturated heterocycles. The number of nitrogens with one attached hydrogen (secondary N) is 1. The molecule has 2 aromatic heterocycles. The van der Waals surface area contributed by atoms with Gasteiger partial charge in [0.2, 0.25) is 0 Å².